The van der Waals surface area contributed by atoms with E-state index in [9.17, 15) is 9.59 Å². The summed E-state index contributed by atoms with van der Waals surface area (Å²) >= 11 is 5.54. The zero-order valence-electron chi connectivity index (χ0n) is 15.9. The van der Waals surface area contributed by atoms with Crippen LogP contribution in [0.15, 0.2) is 0 Å². The predicted molar refractivity (Wildman–Crippen MR) is 103 cm³/mol. The summed E-state index contributed by atoms with van der Waals surface area (Å²) in [5, 5.41) is 8.57. The van der Waals surface area contributed by atoms with Gasteiger partial charge in [0.2, 0.25) is 0 Å². The maximum absolute atomic E-state index is 11.4. The highest BCUT2D eigenvalue weighted by atomic mass is 35.5. The van der Waals surface area contributed by atoms with Gasteiger partial charge in [-0.3, -0.25) is 9.59 Å². The molecule has 0 aliphatic heterocycles. The second-order valence-electron chi connectivity index (χ2n) is 6.86. The summed E-state index contributed by atoms with van der Waals surface area (Å²) in [6, 6.07) is 0. The molecule has 0 saturated heterocycles. The first-order chi connectivity index (χ1) is 12.1. The van der Waals surface area contributed by atoms with Crippen LogP contribution >= 0.6 is 11.6 Å². The van der Waals surface area contributed by atoms with Crippen molar-refractivity contribution in [3.63, 3.8) is 0 Å². The van der Waals surface area contributed by atoms with Crippen LogP contribution in [0.2, 0.25) is 0 Å². The fourth-order valence-corrected chi connectivity index (χ4v) is 3.05. The van der Waals surface area contributed by atoms with Crippen LogP contribution < -0.4 is 0 Å². The topological polar surface area (TPSA) is 63.6 Å². The maximum Gasteiger partial charge on any atom is 0.321 e. The number of carboxylic acids is 1. The molecule has 0 aliphatic carbocycles. The molecule has 25 heavy (non-hydrogen) atoms. The molecule has 0 spiro atoms. The lowest BCUT2D eigenvalue weighted by Crippen LogP contribution is -2.19. The van der Waals surface area contributed by atoms with Crippen molar-refractivity contribution in [3.8, 4) is 0 Å². The molecular weight excluding hydrogens is 340 g/mol. The molecule has 0 saturated carbocycles. The van der Waals surface area contributed by atoms with Crippen LogP contribution in [0, 0.1) is 0 Å². The Bertz CT molecular complexity index is 334. The van der Waals surface area contributed by atoms with E-state index >= 15 is 0 Å². The van der Waals surface area contributed by atoms with Gasteiger partial charge in [0.25, 0.3) is 0 Å². The maximum atomic E-state index is 11.4. The van der Waals surface area contributed by atoms with Gasteiger partial charge < -0.3 is 9.84 Å². The highest BCUT2D eigenvalue weighted by molar-refractivity contribution is 6.26. The third kappa shape index (κ3) is 17.8. The Morgan fingerprint density at radius 2 is 1.32 bits per heavy atom. The summed E-state index contributed by atoms with van der Waals surface area (Å²) in [6.45, 7) is 2.19. The zero-order valence-corrected chi connectivity index (χ0v) is 16.7. The van der Waals surface area contributed by atoms with E-state index in [4.69, 9.17) is 21.4 Å². The Hall–Kier alpha value is -0.770. The first kappa shape index (κ1) is 24.2. The fraction of sp³-hybridized carbons (Fsp3) is 0.900. The Labute approximate surface area is 158 Å². The number of rotatable bonds is 18. The molecular formula is C20H37ClO4. The molecule has 1 N–H and O–H groups in total. The molecule has 0 bridgehead atoms. The van der Waals surface area contributed by atoms with Crippen molar-refractivity contribution in [2.24, 2.45) is 0 Å². The van der Waals surface area contributed by atoms with Crippen molar-refractivity contribution in [1.82, 2.24) is 0 Å². The number of ether oxygens (including phenoxy) is 1. The van der Waals surface area contributed by atoms with Gasteiger partial charge in [-0.25, -0.2) is 0 Å². The molecule has 0 rings (SSSR count). The molecule has 0 unspecified atom stereocenters. The third-order valence-corrected chi connectivity index (χ3v) is 4.67. The molecule has 5 heteroatoms. The number of halogens is 1. The molecule has 148 valence electrons. The van der Waals surface area contributed by atoms with Gasteiger partial charge in [-0.15, -0.1) is 11.6 Å². The number of carbonyl (C=O) groups is 2. The van der Waals surface area contributed by atoms with Gasteiger partial charge in [0.1, 0.15) is 12.0 Å². The third-order valence-electron chi connectivity index (χ3n) is 4.45. The summed E-state index contributed by atoms with van der Waals surface area (Å²) in [7, 11) is 0. The summed E-state index contributed by atoms with van der Waals surface area (Å²) in [5.41, 5.74) is 0. The van der Waals surface area contributed by atoms with Crippen LogP contribution in [0.25, 0.3) is 0 Å². The largest absolute Gasteiger partial charge is 0.481 e. The first-order valence-electron chi connectivity index (χ1n) is 10.1. The van der Waals surface area contributed by atoms with Crippen LogP contribution in [0.1, 0.15) is 103 Å². The highest BCUT2D eigenvalue weighted by Crippen LogP contribution is 2.17. The summed E-state index contributed by atoms with van der Waals surface area (Å²) in [4.78, 5) is 21.8. The molecule has 0 radical (unpaired) electrons. The molecule has 0 aliphatic rings. The van der Waals surface area contributed by atoms with Crippen molar-refractivity contribution in [1.29, 1.82) is 0 Å². The van der Waals surface area contributed by atoms with Gasteiger partial charge in [-0.1, -0.05) is 64.7 Å². The molecule has 0 aromatic carbocycles. The lowest BCUT2D eigenvalue weighted by atomic mass is 10.0. The van der Waals surface area contributed by atoms with E-state index in [2.05, 4.69) is 6.92 Å². The SMILES string of the molecule is CCCCCC[C@H](CCCCCCCCCCC(=O)O)OC(=O)CCl. The van der Waals surface area contributed by atoms with Gasteiger partial charge >= 0.3 is 11.9 Å². The van der Waals surface area contributed by atoms with Crippen molar-refractivity contribution in [2.75, 3.05) is 5.88 Å². The number of hydrogen-bond donors (Lipinski definition) is 1. The second kappa shape index (κ2) is 18.0. The molecule has 4 nitrogen and oxygen atoms in total. The lowest BCUT2D eigenvalue weighted by molar-refractivity contribution is -0.146. The molecule has 0 amide bonds. The number of alkyl halides is 1. The van der Waals surface area contributed by atoms with Crippen molar-refractivity contribution >= 4 is 23.5 Å². The minimum Gasteiger partial charge on any atom is -0.481 e. The number of hydrogen-bond acceptors (Lipinski definition) is 3. The summed E-state index contributed by atoms with van der Waals surface area (Å²) in [6.07, 6.45) is 15.7. The number of unbranched alkanes of at least 4 members (excludes halogenated alkanes) is 10. The van der Waals surface area contributed by atoms with Gasteiger partial charge in [0, 0.05) is 6.42 Å². The monoisotopic (exact) mass is 376 g/mol. The number of aliphatic carboxylic acids is 1. The first-order valence-corrected chi connectivity index (χ1v) is 10.6. The van der Waals surface area contributed by atoms with E-state index in [-0.39, 0.29) is 18.0 Å². The molecule has 0 heterocycles. The van der Waals surface area contributed by atoms with Crippen LogP contribution in [0.5, 0.6) is 0 Å². The van der Waals surface area contributed by atoms with Crippen LogP contribution in [-0.4, -0.2) is 29.0 Å². The predicted octanol–water partition coefficient (Wildman–Crippen LogP) is 6.09. The Morgan fingerprint density at radius 1 is 0.840 bits per heavy atom. The zero-order chi connectivity index (χ0) is 18.8. The summed E-state index contributed by atoms with van der Waals surface area (Å²) < 4.78 is 5.45. The van der Waals surface area contributed by atoms with Crippen molar-refractivity contribution in [3.05, 3.63) is 0 Å². The van der Waals surface area contributed by atoms with Crippen molar-refractivity contribution < 1.29 is 19.4 Å². The molecule has 0 aromatic heterocycles. The van der Waals surface area contributed by atoms with Crippen LogP contribution in [0.3, 0.4) is 0 Å². The lowest BCUT2D eigenvalue weighted by Gasteiger charge is -2.17. The minimum absolute atomic E-state index is 0.0270. The van der Waals surface area contributed by atoms with E-state index in [1.807, 2.05) is 0 Å². The van der Waals surface area contributed by atoms with Gasteiger partial charge in [-0.2, -0.15) is 0 Å². The van der Waals surface area contributed by atoms with Gasteiger partial charge in [0.15, 0.2) is 0 Å². The number of carboxylic acid groups (broad SMARTS) is 1. The average molecular weight is 377 g/mol. The molecule has 0 aromatic rings. The average Bonchev–Trinajstić information content (AvgIpc) is 2.59. The van der Waals surface area contributed by atoms with E-state index in [1.165, 1.54) is 44.9 Å². The number of carbonyl (C=O) groups excluding carboxylic acids is 1. The van der Waals surface area contributed by atoms with E-state index in [0.29, 0.717) is 6.42 Å². The standard InChI is InChI=1S/C20H37ClO4/c1-2-3-4-11-14-18(25-20(24)17-21)15-12-9-7-5-6-8-10-13-16-19(22)23/h18H,2-17H2,1H3,(H,22,23)/t18-/m1/s1. The highest BCUT2D eigenvalue weighted by Gasteiger charge is 2.13. The molecule has 0 fully saturated rings. The van der Waals surface area contributed by atoms with Gasteiger partial charge in [0.05, 0.1) is 0 Å². The minimum atomic E-state index is -0.695. The van der Waals surface area contributed by atoms with E-state index in [1.54, 1.807) is 0 Å². The van der Waals surface area contributed by atoms with E-state index in [0.717, 1.165) is 44.9 Å². The Morgan fingerprint density at radius 3 is 1.80 bits per heavy atom. The second-order valence-corrected chi connectivity index (χ2v) is 7.12. The fourth-order valence-electron chi connectivity index (χ4n) is 2.99. The number of esters is 1. The smallest absolute Gasteiger partial charge is 0.321 e. The van der Waals surface area contributed by atoms with Crippen molar-refractivity contribution in [2.45, 2.75) is 109 Å². The Kier molecular flexibility index (Phi) is 17.5. The Balaban J connectivity index is 3.64. The van der Waals surface area contributed by atoms with Crippen LogP contribution in [0.4, 0.5) is 0 Å². The van der Waals surface area contributed by atoms with Gasteiger partial charge in [-0.05, 0) is 32.1 Å². The van der Waals surface area contributed by atoms with E-state index < -0.39 is 5.97 Å². The normalized spacial score (nSPS) is 12.1. The van der Waals surface area contributed by atoms with Crippen LogP contribution in [-0.2, 0) is 14.3 Å². The molecule has 1 atom stereocenters. The summed E-state index contributed by atoms with van der Waals surface area (Å²) in [5.74, 6) is -1.06. The quantitative estimate of drug-likeness (QED) is 0.178.